The van der Waals surface area contributed by atoms with E-state index in [4.69, 9.17) is 0 Å². The Kier molecular flexibility index (Phi) is 8.22. The summed E-state index contributed by atoms with van der Waals surface area (Å²) in [4.78, 5) is 17.5. The fourth-order valence-corrected chi connectivity index (χ4v) is 4.06. The van der Waals surface area contributed by atoms with E-state index >= 15 is 0 Å². The summed E-state index contributed by atoms with van der Waals surface area (Å²) in [5, 5.41) is 11.8. The number of fused-ring (bicyclic) bond motifs is 2. The van der Waals surface area contributed by atoms with Crippen LogP contribution in [0.1, 0.15) is 36.8 Å². The molecule has 0 aliphatic carbocycles. The number of halogens is 1. The van der Waals surface area contributed by atoms with Gasteiger partial charge in [-0.2, -0.15) is 5.10 Å². The first-order valence-corrected chi connectivity index (χ1v) is 11.6. The molecule has 34 heavy (non-hydrogen) atoms. The zero-order chi connectivity index (χ0) is 24.8. The molecule has 1 aliphatic rings. The zero-order valence-corrected chi connectivity index (χ0v) is 20.8. The summed E-state index contributed by atoms with van der Waals surface area (Å²) in [7, 11) is 3.64. The van der Waals surface area contributed by atoms with Crippen molar-refractivity contribution in [1.82, 2.24) is 24.5 Å². The molecule has 4 heterocycles. The van der Waals surface area contributed by atoms with E-state index in [9.17, 15) is 9.18 Å². The number of imidazole rings is 1. The van der Waals surface area contributed by atoms with E-state index in [0.717, 1.165) is 48.2 Å². The summed E-state index contributed by atoms with van der Waals surface area (Å²) in [6, 6.07) is 5.81. The molecule has 5 rings (SSSR count). The van der Waals surface area contributed by atoms with E-state index in [2.05, 4.69) is 32.5 Å². The number of rotatable bonds is 3. The van der Waals surface area contributed by atoms with Gasteiger partial charge in [-0.05, 0) is 26.0 Å². The van der Waals surface area contributed by atoms with Crippen molar-refractivity contribution in [2.24, 2.45) is 7.05 Å². The molecule has 9 heteroatoms. The van der Waals surface area contributed by atoms with Gasteiger partial charge in [0, 0.05) is 81.1 Å². The molecular formula is C25H34FN7O. The number of hydrogen-bond donors (Lipinski definition) is 2. The number of nitrogens with one attached hydrogen (secondary N) is 2. The molecule has 4 aromatic rings. The lowest BCUT2D eigenvalue weighted by Gasteiger charge is -2.34. The molecule has 182 valence electrons. The van der Waals surface area contributed by atoms with Gasteiger partial charge in [0.05, 0.1) is 11.4 Å². The average Bonchev–Trinajstić information content (AvgIpc) is 3.41. The Morgan fingerprint density at radius 1 is 1.24 bits per heavy atom. The Morgan fingerprint density at radius 3 is 2.68 bits per heavy atom. The summed E-state index contributed by atoms with van der Waals surface area (Å²) >= 11 is 0. The largest absolute Gasteiger partial charge is 0.387 e. The van der Waals surface area contributed by atoms with Crippen molar-refractivity contribution in [3.8, 4) is 0 Å². The molecule has 3 aromatic heterocycles. The SMILES string of the molecule is CC.CC1CN(c2ccc(C=O)c3nn(C)cc23)CCN1.CNc1cc(F)c2nc(C)cn2c1. The van der Waals surface area contributed by atoms with E-state index in [1.54, 1.807) is 28.5 Å². The fraction of sp³-hybridized carbons (Fsp3) is 0.400. The van der Waals surface area contributed by atoms with Crippen LogP contribution < -0.4 is 15.5 Å². The predicted molar refractivity (Wildman–Crippen MR) is 137 cm³/mol. The second-order valence-electron chi connectivity index (χ2n) is 8.10. The highest BCUT2D eigenvalue weighted by Crippen LogP contribution is 2.28. The van der Waals surface area contributed by atoms with Crippen LogP contribution in [0.3, 0.4) is 0 Å². The van der Waals surface area contributed by atoms with Gasteiger partial charge in [0.1, 0.15) is 5.52 Å². The molecule has 1 atom stereocenters. The van der Waals surface area contributed by atoms with E-state index in [-0.39, 0.29) is 5.82 Å². The second-order valence-corrected chi connectivity index (χ2v) is 8.10. The standard InChI is InChI=1S/C14H18N4O.C9H10FN3.C2H6/c1-10-7-18(6-5-15-10)13-4-3-11(9-19)14-12(13)8-17(2)16-14;1-6-4-13-5-7(11-2)3-8(10)9(13)12-6;1-2/h3-4,8-10,15H,5-7H2,1-2H3;3-5,11H,1-2H3;1-2H3. The minimum absolute atomic E-state index is 0.306. The van der Waals surface area contributed by atoms with E-state index in [0.29, 0.717) is 17.3 Å². The highest BCUT2D eigenvalue weighted by Gasteiger charge is 2.19. The first-order chi connectivity index (χ1) is 16.4. The normalized spacial score (nSPS) is 15.4. The average molecular weight is 468 g/mol. The zero-order valence-electron chi connectivity index (χ0n) is 20.8. The van der Waals surface area contributed by atoms with Gasteiger partial charge in [-0.15, -0.1) is 0 Å². The monoisotopic (exact) mass is 467 g/mol. The molecule has 1 unspecified atom stereocenters. The quantitative estimate of drug-likeness (QED) is 0.443. The van der Waals surface area contributed by atoms with Crippen molar-refractivity contribution < 1.29 is 9.18 Å². The third-order valence-electron chi connectivity index (χ3n) is 5.55. The van der Waals surface area contributed by atoms with E-state index in [1.165, 1.54) is 11.8 Å². The topological polar surface area (TPSA) is 79.5 Å². The third-order valence-corrected chi connectivity index (χ3v) is 5.55. The van der Waals surface area contributed by atoms with Crippen LogP contribution in [0.5, 0.6) is 0 Å². The van der Waals surface area contributed by atoms with Crippen LogP contribution in [0.25, 0.3) is 16.6 Å². The number of carbonyl (C=O) groups is 1. The Hall–Kier alpha value is -3.46. The summed E-state index contributed by atoms with van der Waals surface area (Å²) in [6.45, 7) is 11.0. The first-order valence-electron chi connectivity index (χ1n) is 11.6. The number of hydrogen-bond acceptors (Lipinski definition) is 6. The summed E-state index contributed by atoms with van der Waals surface area (Å²) in [6.07, 6.45) is 6.46. The van der Waals surface area contributed by atoms with Crippen LogP contribution in [0.15, 0.2) is 36.8 Å². The highest BCUT2D eigenvalue weighted by atomic mass is 19.1. The van der Waals surface area contributed by atoms with E-state index in [1.807, 2.05) is 46.1 Å². The number of benzene rings is 1. The van der Waals surface area contributed by atoms with Crippen LogP contribution >= 0.6 is 0 Å². The van der Waals surface area contributed by atoms with Gasteiger partial charge in [0.25, 0.3) is 0 Å². The molecule has 1 saturated heterocycles. The molecule has 0 amide bonds. The highest BCUT2D eigenvalue weighted by molar-refractivity contribution is 6.01. The lowest BCUT2D eigenvalue weighted by atomic mass is 10.1. The number of pyridine rings is 1. The second kappa shape index (κ2) is 11.1. The van der Waals surface area contributed by atoms with Crippen LogP contribution in [0.2, 0.25) is 0 Å². The lowest BCUT2D eigenvalue weighted by Crippen LogP contribution is -2.49. The predicted octanol–water partition coefficient (Wildman–Crippen LogP) is 4.03. The molecule has 1 aliphatic heterocycles. The molecule has 0 bridgehead atoms. The van der Waals surface area contributed by atoms with Gasteiger partial charge >= 0.3 is 0 Å². The van der Waals surface area contributed by atoms with Crippen molar-refractivity contribution in [3.05, 3.63) is 53.9 Å². The van der Waals surface area contributed by atoms with Gasteiger partial charge in [-0.25, -0.2) is 9.37 Å². The minimum atomic E-state index is -0.306. The van der Waals surface area contributed by atoms with Crippen LogP contribution in [0, 0.1) is 12.7 Å². The van der Waals surface area contributed by atoms with Crippen molar-refractivity contribution in [3.63, 3.8) is 0 Å². The van der Waals surface area contributed by atoms with Crippen molar-refractivity contribution in [2.45, 2.75) is 33.7 Å². The summed E-state index contributed by atoms with van der Waals surface area (Å²) in [5.41, 5.74) is 4.54. The molecule has 1 aromatic carbocycles. The molecule has 8 nitrogen and oxygen atoms in total. The van der Waals surface area contributed by atoms with Crippen molar-refractivity contribution in [2.75, 3.05) is 36.9 Å². The van der Waals surface area contributed by atoms with Crippen LogP contribution in [0.4, 0.5) is 15.8 Å². The molecule has 2 N–H and O–H groups in total. The maximum atomic E-state index is 13.3. The van der Waals surface area contributed by atoms with Crippen molar-refractivity contribution in [1.29, 1.82) is 0 Å². The van der Waals surface area contributed by atoms with Gasteiger partial charge in [-0.1, -0.05) is 13.8 Å². The third kappa shape index (κ3) is 5.36. The Labute approximate surface area is 199 Å². The first kappa shape index (κ1) is 25.2. The van der Waals surface area contributed by atoms with Gasteiger partial charge < -0.3 is 19.9 Å². The van der Waals surface area contributed by atoms with Gasteiger partial charge in [0.15, 0.2) is 17.8 Å². The molecule has 0 spiro atoms. The maximum Gasteiger partial charge on any atom is 0.173 e. The Balaban J connectivity index is 0.000000189. The Bertz CT molecular complexity index is 1260. The smallest absolute Gasteiger partial charge is 0.173 e. The number of nitrogens with zero attached hydrogens (tertiary/aromatic N) is 5. The summed E-state index contributed by atoms with van der Waals surface area (Å²) < 4.78 is 16.8. The molecule has 1 fully saturated rings. The Morgan fingerprint density at radius 2 is 2.00 bits per heavy atom. The number of aryl methyl sites for hydroxylation is 2. The fourth-order valence-electron chi connectivity index (χ4n) is 4.06. The number of aromatic nitrogens is 4. The van der Waals surface area contributed by atoms with Gasteiger partial charge in [0.2, 0.25) is 0 Å². The van der Waals surface area contributed by atoms with Crippen LogP contribution in [-0.2, 0) is 7.05 Å². The number of carbonyl (C=O) groups excluding carboxylic acids is 1. The maximum absolute atomic E-state index is 13.3. The number of piperazine rings is 1. The van der Waals surface area contributed by atoms with E-state index < -0.39 is 0 Å². The minimum Gasteiger partial charge on any atom is -0.387 e. The molecule has 0 saturated carbocycles. The number of aldehydes is 1. The lowest BCUT2D eigenvalue weighted by molar-refractivity contribution is 0.112. The number of anilines is 2. The van der Waals surface area contributed by atoms with Crippen LogP contribution in [-0.4, -0.2) is 58.2 Å². The molecular weight excluding hydrogens is 433 g/mol. The van der Waals surface area contributed by atoms with Gasteiger partial charge in [-0.3, -0.25) is 9.48 Å². The molecule has 0 radical (unpaired) electrons. The van der Waals surface area contributed by atoms with Crippen molar-refractivity contribution >= 4 is 34.2 Å². The summed E-state index contributed by atoms with van der Waals surface area (Å²) in [5.74, 6) is -0.306.